The first kappa shape index (κ1) is 12.6. The molecule has 1 aromatic carbocycles. The molecule has 0 amide bonds. The van der Waals surface area contributed by atoms with Gasteiger partial charge in [-0.3, -0.25) is 0 Å². The Kier molecular flexibility index (Phi) is 4.57. The number of aliphatic hydroxyl groups is 1. The summed E-state index contributed by atoms with van der Waals surface area (Å²) in [5.41, 5.74) is 1.42. The van der Waals surface area contributed by atoms with Crippen molar-refractivity contribution in [3.8, 4) is 0 Å². The zero-order valence-electron chi connectivity index (χ0n) is 10.7. The van der Waals surface area contributed by atoms with Gasteiger partial charge in [-0.05, 0) is 36.8 Å². The van der Waals surface area contributed by atoms with E-state index in [1.807, 2.05) is 0 Å². The van der Waals surface area contributed by atoms with E-state index in [4.69, 9.17) is 0 Å². The number of aliphatic hydroxyl groups excluding tert-OH is 1. The van der Waals surface area contributed by atoms with Crippen LogP contribution in [-0.2, 0) is 0 Å². The van der Waals surface area contributed by atoms with Gasteiger partial charge in [0.2, 0.25) is 0 Å². The van der Waals surface area contributed by atoms with Crippen LogP contribution in [0.3, 0.4) is 0 Å². The van der Waals surface area contributed by atoms with Crippen LogP contribution >= 0.6 is 0 Å². The fourth-order valence-corrected chi connectivity index (χ4v) is 2.74. The van der Waals surface area contributed by atoms with Gasteiger partial charge in [0.25, 0.3) is 0 Å². The van der Waals surface area contributed by atoms with Crippen LogP contribution in [0.15, 0.2) is 30.3 Å². The molecule has 2 heteroatoms. The van der Waals surface area contributed by atoms with Crippen LogP contribution in [0.25, 0.3) is 0 Å². The van der Waals surface area contributed by atoms with Gasteiger partial charge in [0.1, 0.15) is 0 Å². The van der Waals surface area contributed by atoms with Gasteiger partial charge in [-0.2, -0.15) is 0 Å². The molecule has 1 saturated heterocycles. The molecule has 0 saturated carbocycles. The molecule has 0 unspecified atom stereocenters. The molecule has 0 bridgehead atoms. The molecule has 0 spiro atoms. The lowest BCUT2D eigenvalue weighted by Crippen LogP contribution is -2.38. The quantitative estimate of drug-likeness (QED) is 0.863. The highest BCUT2D eigenvalue weighted by Crippen LogP contribution is 2.21. The van der Waals surface area contributed by atoms with Gasteiger partial charge in [-0.15, -0.1) is 0 Å². The van der Waals surface area contributed by atoms with Crippen LogP contribution in [-0.4, -0.2) is 36.2 Å². The molecule has 1 N–H and O–H groups in total. The fourth-order valence-electron chi connectivity index (χ4n) is 2.74. The van der Waals surface area contributed by atoms with Crippen molar-refractivity contribution in [1.29, 1.82) is 0 Å². The molecule has 1 aliphatic rings. The third kappa shape index (κ3) is 3.55. The molecule has 0 radical (unpaired) electrons. The van der Waals surface area contributed by atoms with Gasteiger partial charge >= 0.3 is 0 Å². The minimum absolute atomic E-state index is 0.343. The van der Waals surface area contributed by atoms with E-state index in [-0.39, 0.29) is 0 Å². The Bertz CT molecular complexity index is 325. The molecule has 17 heavy (non-hydrogen) atoms. The standard InChI is InChI=1S/C15H23NO/c1-13(15-7-3-2-4-8-15)10-16-9-5-6-14(11-16)12-17/h2-4,7-8,13-14,17H,5-6,9-12H2,1H3/t13-,14-/m0/s1. The molecule has 94 valence electrons. The van der Waals surface area contributed by atoms with Crippen LogP contribution in [0, 0.1) is 5.92 Å². The third-order valence-electron chi connectivity index (χ3n) is 3.76. The molecule has 1 aromatic rings. The molecule has 1 heterocycles. The highest BCUT2D eigenvalue weighted by atomic mass is 16.3. The van der Waals surface area contributed by atoms with Gasteiger partial charge in [0.15, 0.2) is 0 Å². The zero-order chi connectivity index (χ0) is 12.1. The lowest BCUT2D eigenvalue weighted by molar-refractivity contribution is 0.117. The Labute approximate surface area is 104 Å². The van der Waals surface area contributed by atoms with E-state index in [1.165, 1.54) is 24.9 Å². The zero-order valence-corrected chi connectivity index (χ0v) is 10.7. The molecule has 0 aliphatic carbocycles. The first-order valence-electron chi connectivity index (χ1n) is 6.67. The second-order valence-corrected chi connectivity index (χ2v) is 5.26. The summed E-state index contributed by atoms with van der Waals surface area (Å²) in [4.78, 5) is 2.50. The summed E-state index contributed by atoms with van der Waals surface area (Å²) >= 11 is 0. The summed E-state index contributed by atoms with van der Waals surface area (Å²) < 4.78 is 0. The van der Waals surface area contributed by atoms with Gasteiger partial charge in [0, 0.05) is 19.7 Å². The number of rotatable bonds is 4. The number of hydrogen-bond donors (Lipinski definition) is 1. The molecular formula is C15H23NO. The highest BCUT2D eigenvalue weighted by Gasteiger charge is 2.20. The van der Waals surface area contributed by atoms with Crippen LogP contribution < -0.4 is 0 Å². The van der Waals surface area contributed by atoms with Gasteiger partial charge in [0.05, 0.1) is 0 Å². The minimum Gasteiger partial charge on any atom is -0.396 e. The maximum absolute atomic E-state index is 9.23. The first-order valence-corrected chi connectivity index (χ1v) is 6.67. The minimum atomic E-state index is 0.343. The van der Waals surface area contributed by atoms with E-state index >= 15 is 0 Å². The Morgan fingerprint density at radius 3 is 2.82 bits per heavy atom. The van der Waals surface area contributed by atoms with E-state index in [9.17, 15) is 5.11 Å². The summed E-state index contributed by atoms with van der Waals surface area (Å²) in [5.74, 6) is 1.07. The topological polar surface area (TPSA) is 23.5 Å². The summed E-state index contributed by atoms with van der Waals surface area (Å²) in [6, 6.07) is 10.7. The average molecular weight is 233 g/mol. The molecule has 2 atom stereocenters. The van der Waals surface area contributed by atoms with Crippen molar-refractivity contribution in [2.24, 2.45) is 5.92 Å². The predicted molar refractivity (Wildman–Crippen MR) is 71.1 cm³/mol. The molecule has 1 aliphatic heterocycles. The van der Waals surface area contributed by atoms with E-state index < -0.39 is 0 Å². The van der Waals surface area contributed by atoms with Crippen LogP contribution in [0.5, 0.6) is 0 Å². The fraction of sp³-hybridized carbons (Fsp3) is 0.600. The lowest BCUT2D eigenvalue weighted by atomic mass is 9.96. The number of hydrogen-bond acceptors (Lipinski definition) is 2. The van der Waals surface area contributed by atoms with Gasteiger partial charge < -0.3 is 10.0 Å². The highest BCUT2D eigenvalue weighted by molar-refractivity contribution is 5.19. The average Bonchev–Trinajstić information content (AvgIpc) is 2.40. The second kappa shape index (κ2) is 6.18. The molecular weight excluding hydrogens is 210 g/mol. The van der Waals surface area contributed by atoms with Crippen molar-refractivity contribution in [3.05, 3.63) is 35.9 Å². The Hall–Kier alpha value is -0.860. The molecule has 1 fully saturated rings. The van der Waals surface area contributed by atoms with E-state index in [2.05, 4.69) is 42.2 Å². The maximum Gasteiger partial charge on any atom is 0.0471 e. The predicted octanol–water partition coefficient (Wildman–Crippen LogP) is 2.49. The summed E-state index contributed by atoms with van der Waals surface area (Å²) in [6.07, 6.45) is 2.42. The van der Waals surface area contributed by atoms with Gasteiger partial charge in [-0.25, -0.2) is 0 Å². The first-order chi connectivity index (χ1) is 8.29. The summed E-state index contributed by atoms with van der Waals surface area (Å²) in [6.45, 7) is 6.00. The third-order valence-corrected chi connectivity index (χ3v) is 3.76. The van der Waals surface area contributed by atoms with Crippen molar-refractivity contribution in [1.82, 2.24) is 4.90 Å². The SMILES string of the molecule is C[C@@H](CN1CCC[C@H](CO)C1)c1ccccc1. The van der Waals surface area contributed by atoms with Crippen LogP contribution in [0.1, 0.15) is 31.2 Å². The lowest BCUT2D eigenvalue weighted by Gasteiger charge is -2.33. The number of piperidine rings is 1. The van der Waals surface area contributed by atoms with E-state index in [0.29, 0.717) is 18.4 Å². The monoisotopic (exact) mass is 233 g/mol. The smallest absolute Gasteiger partial charge is 0.0471 e. The normalized spacial score (nSPS) is 23.5. The largest absolute Gasteiger partial charge is 0.396 e. The van der Waals surface area contributed by atoms with Crippen LogP contribution in [0.2, 0.25) is 0 Å². The Balaban J connectivity index is 1.88. The number of benzene rings is 1. The van der Waals surface area contributed by atoms with Crippen molar-refractivity contribution in [2.75, 3.05) is 26.2 Å². The number of nitrogens with zero attached hydrogens (tertiary/aromatic N) is 1. The Morgan fingerprint density at radius 2 is 2.12 bits per heavy atom. The second-order valence-electron chi connectivity index (χ2n) is 5.26. The molecule has 2 nitrogen and oxygen atoms in total. The summed E-state index contributed by atoms with van der Waals surface area (Å²) in [5, 5.41) is 9.23. The van der Waals surface area contributed by atoms with Gasteiger partial charge in [-0.1, -0.05) is 37.3 Å². The van der Waals surface area contributed by atoms with Crippen molar-refractivity contribution >= 4 is 0 Å². The van der Waals surface area contributed by atoms with Crippen molar-refractivity contribution in [2.45, 2.75) is 25.7 Å². The molecule has 2 rings (SSSR count). The summed E-state index contributed by atoms with van der Waals surface area (Å²) in [7, 11) is 0. The maximum atomic E-state index is 9.23. The van der Waals surface area contributed by atoms with Crippen molar-refractivity contribution < 1.29 is 5.11 Å². The van der Waals surface area contributed by atoms with Crippen molar-refractivity contribution in [3.63, 3.8) is 0 Å². The van der Waals surface area contributed by atoms with Crippen LogP contribution in [0.4, 0.5) is 0 Å². The number of likely N-dealkylation sites (tertiary alicyclic amines) is 1. The Morgan fingerprint density at radius 1 is 1.35 bits per heavy atom. The molecule has 0 aromatic heterocycles. The van der Waals surface area contributed by atoms with E-state index in [0.717, 1.165) is 13.1 Å². The van der Waals surface area contributed by atoms with E-state index in [1.54, 1.807) is 0 Å².